The lowest BCUT2D eigenvalue weighted by atomic mass is 9.82. The van der Waals surface area contributed by atoms with E-state index in [1.807, 2.05) is 0 Å². The standard InChI is InChI=1S/C19H24O/c1-18(2,3)11-7-13-14-8-12(19(4,5)6)10-16(14)17(20)15(13)9-11/h9-10H,7-8H2,1-6H3. The van der Waals surface area contributed by atoms with Crippen molar-refractivity contribution in [2.75, 3.05) is 0 Å². The van der Waals surface area contributed by atoms with Gasteiger partial charge in [0.25, 0.3) is 0 Å². The molecule has 0 saturated carbocycles. The molecule has 1 nitrogen and oxygen atoms in total. The molecule has 3 aliphatic rings. The molecule has 0 radical (unpaired) electrons. The van der Waals surface area contributed by atoms with Crippen molar-refractivity contribution < 1.29 is 4.79 Å². The smallest absolute Gasteiger partial charge is 0.193 e. The van der Waals surface area contributed by atoms with E-state index in [9.17, 15) is 4.79 Å². The summed E-state index contributed by atoms with van der Waals surface area (Å²) in [4.78, 5) is 12.6. The first-order valence-electron chi connectivity index (χ1n) is 7.52. The molecule has 0 aromatic rings. The van der Waals surface area contributed by atoms with E-state index in [0.29, 0.717) is 0 Å². The zero-order chi connectivity index (χ0) is 14.9. The van der Waals surface area contributed by atoms with E-state index in [-0.39, 0.29) is 16.6 Å². The fraction of sp³-hybridized carbons (Fsp3) is 0.526. The van der Waals surface area contributed by atoms with Crippen LogP contribution in [0.3, 0.4) is 0 Å². The topological polar surface area (TPSA) is 17.1 Å². The zero-order valence-corrected chi connectivity index (χ0v) is 13.5. The van der Waals surface area contributed by atoms with Gasteiger partial charge in [-0.05, 0) is 34.8 Å². The van der Waals surface area contributed by atoms with Crippen molar-refractivity contribution in [3.63, 3.8) is 0 Å². The van der Waals surface area contributed by atoms with Gasteiger partial charge in [0.05, 0.1) is 0 Å². The molecule has 106 valence electrons. The molecule has 3 rings (SSSR count). The Labute approximate surface area is 122 Å². The van der Waals surface area contributed by atoms with E-state index in [1.54, 1.807) is 0 Å². The zero-order valence-electron chi connectivity index (χ0n) is 13.5. The van der Waals surface area contributed by atoms with Crippen LogP contribution in [0.25, 0.3) is 0 Å². The summed E-state index contributed by atoms with van der Waals surface area (Å²) in [6, 6.07) is 0. The van der Waals surface area contributed by atoms with Gasteiger partial charge >= 0.3 is 0 Å². The highest BCUT2D eigenvalue weighted by Crippen LogP contribution is 2.51. The maximum Gasteiger partial charge on any atom is 0.193 e. The van der Waals surface area contributed by atoms with Crippen molar-refractivity contribution in [2.45, 2.75) is 54.4 Å². The highest BCUT2D eigenvalue weighted by molar-refractivity contribution is 6.18. The van der Waals surface area contributed by atoms with Crippen LogP contribution in [0.1, 0.15) is 54.4 Å². The first kappa shape index (κ1) is 13.6. The van der Waals surface area contributed by atoms with Crippen LogP contribution in [0, 0.1) is 10.8 Å². The molecule has 0 heterocycles. The van der Waals surface area contributed by atoms with Crippen molar-refractivity contribution >= 4 is 5.78 Å². The third-order valence-electron chi connectivity index (χ3n) is 4.80. The molecule has 20 heavy (non-hydrogen) atoms. The van der Waals surface area contributed by atoms with Gasteiger partial charge in [-0.15, -0.1) is 0 Å². The first-order chi connectivity index (χ1) is 9.09. The third kappa shape index (κ3) is 1.87. The predicted octanol–water partition coefficient (Wildman–Crippen LogP) is 4.91. The molecule has 0 aromatic carbocycles. The Hall–Kier alpha value is -1.37. The summed E-state index contributed by atoms with van der Waals surface area (Å²) in [6.45, 7) is 13.4. The van der Waals surface area contributed by atoms with Gasteiger partial charge in [-0.1, -0.05) is 64.8 Å². The van der Waals surface area contributed by atoms with Gasteiger partial charge in [-0.25, -0.2) is 0 Å². The van der Waals surface area contributed by atoms with E-state index >= 15 is 0 Å². The molecule has 0 amide bonds. The minimum Gasteiger partial charge on any atom is -0.289 e. The number of ketones is 1. The third-order valence-corrected chi connectivity index (χ3v) is 4.80. The van der Waals surface area contributed by atoms with Crippen LogP contribution in [0.15, 0.2) is 45.6 Å². The molecule has 3 aliphatic carbocycles. The highest BCUT2D eigenvalue weighted by Gasteiger charge is 2.40. The highest BCUT2D eigenvalue weighted by atomic mass is 16.1. The van der Waals surface area contributed by atoms with Crippen LogP contribution in [-0.4, -0.2) is 5.78 Å². The van der Waals surface area contributed by atoms with Gasteiger partial charge in [0.15, 0.2) is 5.78 Å². The lowest BCUT2D eigenvalue weighted by Gasteiger charge is -2.23. The lowest BCUT2D eigenvalue weighted by Crippen LogP contribution is -2.09. The van der Waals surface area contributed by atoms with Crippen LogP contribution in [-0.2, 0) is 4.79 Å². The summed E-state index contributed by atoms with van der Waals surface area (Å²) in [5.41, 5.74) is 7.68. The van der Waals surface area contributed by atoms with Crippen LogP contribution >= 0.6 is 0 Å². The Kier molecular flexibility index (Phi) is 2.61. The van der Waals surface area contributed by atoms with Crippen molar-refractivity contribution in [1.29, 1.82) is 0 Å². The fourth-order valence-electron chi connectivity index (χ4n) is 3.25. The summed E-state index contributed by atoms with van der Waals surface area (Å²) < 4.78 is 0. The molecule has 0 saturated heterocycles. The van der Waals surface area contributed by atoms with E-state index in [0.717, 1.165) is 24.0 Å². The molecular weight excluding hydrogens is 244 g/mol. The van der Waals surface area contributed by atoms with Gasteiger partial charge in [-0.2, -0.15) is 0 Å². The summed E-state index contributed by atoms with van der Waals surface area (Å²) >= 11 is 0. The molecule has 0 unspecified atom stereocenters. The number of hydrogen-bond acceptors (Lipinski definition) is 1. The molecule has 0 atom stereocenters. The van der Waals surface area contributed by atoms with Crippen LogP contribution in [0.4, 0.5) is 0 Å². The van der Waals surface area contributed by atoms with E-state index in [4.69, 9.17) is 0 Å². The van der Waals surface area contributed by atoms with Crippen LogP contribution in [0.2, 0.25) is 0 Å². The number of carbonyl (C=O) groups is 1. The molecule has 1 heteroatoms. The van der Waals surface area contributed by atoms with E-state index in [1.165, 1.54) is 22.3 Å². The Balaban J connectivity index is 1.90. The predicted molar refractivity (Wildman–Crippen MR) is 83.4 cm³/mol. The van der Waals surface area contributed by atoms with Gasteiger partial charge < -0.3 is 0 Å². The number of rotatable bonds is 0. The molecule has 0 aromatic heterocycles. The average molecular weight is 268 g/mol. The van der Waals surface area contributed by atoms with Crippen LogP contribution < -0.4 is 0 Å². The quantitative estimate of drug-likeness (QED) is 0.609. The average Bonchev–Trinajstić information content (AvgIpc) is 2.93. The minimum atomic E-state index is 0.157. The first-order valence-corrected chi connectivity index (χ1v) is 7.52. The maximum atomic E-state index is 12.6. The van der Waals surface area contributed by atoms with Gasteiger partial charge in [-0.3, -0.25) is 4.79 Å². The second kappa shape index (κ2) is 3.84. The summed E-state index contributed by atoms with van der Waals surface area (Å²) in [7, 11) is 0. The van der Waals surface area contributed by atoms with Gasteiger partial charge in [0.1, 0.15) is 0 Å². The van der Waals surface area contributed by atoms with Crippen molar-refractivity contribution in [3.8, 4) is 0 Å². The fourth-order valence-corrected chi connectivity index (χ4v) is 3.25. The van der Waals surface area contributed by atoms with Gasteiger partial charge in [0.2, 0.25) is 0 Å². The SMILES string of the molecule is CC(C)(C)C1=CC2=C(C1)C1=C(C=C(C(C)(C)C)C1)C2=O. The molecule has 0 bridgehead atoms. The van der Waals surface area contributed by atoms with Crippen LogP contribution in [0.5, 0.6) is 0 Å². The summed E-state index contributed by atoms with van der Waals surface area (Å²) in [5.74, 6) is 0.258. The molecule has 0 spiro atoms. The molecule has 0 fully saturated rings. The van der Waals surface area contributed by atoms with Crippen molar-refractivity contribution in [3.05, 3.63) is 45.6 Å². The van der Waals surface area contributed by atoms with E-state index in [2.05, 4.69) is 53.7 Å². The normalized spacial score (nSPS) is 22.4. The van der Waals surface area contributed by atoms with Crippen molar-refractivity contribution in [2.24, 2.45) is 10.8 Å². The Bertz CT molecular complexity index is 578. The minimum absolute atomic E-state index is 0.157. The summed E-state index contributed by atoms with van der Waals surface area (Å²) in [5, 5.41) is 0. The maximum absolute atomic E-state index is 12.6. The van der Waals surface area contributed by atoms with Crippen molar-refractivity contribution in [1.82, 2.24) is 0 Å². The largest absolute Gasteiger partial charge is 0.289 e. The monoisotopic (exact) mass is 268 g/mol. The molecular formula is C19H24O. The second-order valence-corrected chi connectivity index (χ2v) is 8.31. The lowest BCUT2D eigenvalue weighted by molar-refractivity contribution is -0.111. The molecule has 0 N–H and O–H groups in total. The second-order valence-electron chi connectivity index (χ2n) is 8.31. The number of hydrogen-bond donors (Lipinski definition) is 0. The number of fused-ring (bicyclic) bond motifs is 1. The number of allylic oxidation sites excluding steroid dienone is 8. The molecule has 0 aliphatic heterocycles. The Morgan fingerprint density at radius 2 is 1.10 bits per heavy atom. The number of Topliss-reactive ketones (excluding diaryl/α,β-unsaturated/α-hetero) is 1. The van der Waals surface area contributed by atoms with E-state index < -0.39 is 0 Å². The Morgan fingerprint density at radius 1 is 0.750 bits per heavy atom. The van der Waals surface area contributed by atoms with Gasteiger partial charge in [0, 0.05) is 11.1 Å². The summed E-state index contributed by atoms with van der Waals surface area (Å²) in [6.07, 6.45) is 6.24. The Morgan fingerprint density at radius 3 is 1.40 bits per heavy atom. The number of carbonyl (C=O) groups excluding carboxylic acids is 1.